The number of aromatic hydroxyl groups is 2. The number of ether oxygens (including phenoxy) is 1. The predicted molar refractivity (Wildman–Crippen MR) is 90.3 cm³/mol. The second-order valence-corrected chi connectivity index (χ2v) is 5.39. The number of hydrogen-bond acceptors (Lipinski definition) is 3. The van der Waals surface area contributed by atoms with Crippen molar-refractivity contribution in [2.45, 2.75) is 13.5 Å². The maximum Gasteiger partial charge on any atom is 0.122 e. The van der Waals surface area contributed by atoms with Crippen LogP contribution in [0.15, 0.2) is 36.9 Å². The number of phenolic OH excluding ortho intramolecular Hbond substituents is 2. The lowest BCUT2D eigenvalue weighted by atomic mass is 9.93. The van der Waals surface area contributed by atoms with Gasteiger partial charge in [-0.05, 0) is 51.7 Å². The summed E-state index contributed by atoms with van der Waals surface area (Å²) in [6, 6.07) is 9.32. The molecule has 0 aromatic heterocycles. The van der Waals surface area contributed by atoms with Crippen LogP contribution in [0.2, 0.25) is 0 Å². The minimum absolute atomic E-state index is 0.197. The topological polar surface area (TPSA) is 49.7 Å². The van der Waals surface area contributed by atoms with Gasteiger partial charge in [0.15, 0.2) is 0 Å². The number of hydrogen-bond donors (Lipinski definition) is 2. The molecule has 3 heteroatoms. The Labute approximate surface area is 129 Å². The Morgan fingerprint density at radius 1 is 1.00 bits per heavy atom. The minimum atomic E-state index is 0.197. The molecule has 112 valence electrons. The van der Waals surface area contributed by atoms with E-state index in [4.69, 9.17) is 4.74 Å². The molecule has 22 heavy (non-hydrogen) atoms. The van der Waals surface area contributed by atoms with Crippen molar-refractivity contribution >= 4 is 27.6 Å². The van der Waals surface area contributed by atoms with E-state index in [0.29, 0.717) is 6.61 Å². The van der Waals surface area contributed by atoms with Crippen molar-refractivity contribution in [2.24, 2.45) is 0 Å². The van der Waals surface area contributed by atoms with Crippen LogP contribution in [0.5, 0.6) is 11.5 Å². The molecule has 0 amide bonds. The van der Waals surface area contributed by atoms with E-state index in [1.54, 1.807) is 25.3 Å². The Bertz CT molecular complexity index is 894. The van der Waals surface area contributed by atoms with E-state index < -0.39 is 0 Å². The summed E-state index contributed by atoms with van der Waals surface area (Å²) in [5.41, 5.74) is 2.45. The smallest absolute Gasteiger partial charge is 0.122 e. The second-order valence-electron chi connectivity index (χ2n) is 5.39. The molecular weight excluding hydrogens is 276 g/mol. The van der Waals surface area contributed by atoms with Gasteiger partial charge in [0.25, 0.3) is 0 Å². The van der Waals surface area contributed by atoms with Gasteiger partial charge >= 0.3 is 0 Å². The van der Waals surface area contributed by atoms with E-state index in [9.17, 15) is 10.2 Å². The molecular formula is C19H18O3. The fourth-order valence-corrected chi connectivity index (χ4v) is 3.01. The lowest BCUT2D eigenvalue weighted by Crippen LogP contribution is -1.95. The molecule has 0 spiro atoms. The Morgan fingerprint density at radius 2 is 1.68 bits per heavy atom. The van der Waals surface area contributed by atoms with Crippen molar-refractivity contribution in [3.63, 3.8) is 0 Å². The van der Waals surface area contributed by atoms with Gasteiger partial charge in [-0.3, -0.25) is 0 Å². The van der Waals surface area contributed by atoms with Crippen LogP contribution in [-0.2, 0) is 11.3 Å². The third-order valence-corrected chi connectivity index (χ3v) is 4.18. The van der Waals surface area contributed by atoms with Crippen LogP contribution in [0, 0.1) is 6.92 Å². The van der Waals surface area contributed by atoms with Crippen molar-refractivity contribution < 1.29 is 14.9 Å². The summed E-state index contributed by atoms with van der Waals surface area (Å²) in [6.45, 7) is 6.09. The van der Waals surface area contributed by atoms with Crippen molar-refractivity contribution in [2.75, 3.05) is 7.11 Å². The molecule has 3 aromatic carbocycles. The monoisotopic (exact) mass is 294 g/mol. The van der Waals surface area contributed by atoms with Crippen molar-refractivity contribution in [1.82, 2.24) is 0 Å². The van der Waals surface area contributed by atoms with Gasteiger partial charge in [-0.1, -0.05) is 30.9 Å². The van der Waals surface area contributed by atoms with Crippen LogP contribution >= 0.6 is 0 Å². The molecule has 0 atom stereocenters. The van der Waals surface area contributed by atoms with Crippen LogP contribution in [-0.4, -0.2) is 17.3 Å². The normalized spacial score (nSPS) is 11.2. The fraction of sp³-hybridized carbons (Fsp3) is 0.158. The number of rotatable bonds is 3. The van der Waals surface area contributed by atoms with Crippen molar-refractivity contribution in [3.05, 3.63) is 53.6 Å². The third kappa shape index (κ3) is 2.02. The van der Waals surface area contributed by atoms with E-state index >= 15 is 0 Å². The Morgan fingerprint density at radius 3 is 2.36 bits per heavy atom. The summed E-state index contributed by atoms with van der Waals surface area (Å²) in [4.78, 5) is 0. The molecule has 0 aliphatic heterocycles. The number of methoxy groups -OCH3 is 1. The predicted octanol–water partition coefficient (Wildman–Crippen LogP) is 4.50. The molecule has 0 saturated carbocycles. The summed E-state index contributed by atoms with van der Waals surface area (Å²) in [5.74, 6) is 0.471. The number of aryl methyl sites for hydroxylation is 1. The zero-order valence-electron chi connectivity index (χ0n) is 12.7. The second kappa shape index (κ2) is 5.35. The molecule has 2 N–H and O–H groups in total. The van der Waals surface area contributed by atoms with E-state index in [0.717, 1.165) is 38.2 Å². The highest BCUT2D eigenvalue weighted by Gasteiger charge is 2.14. The molecule has 3 nitrogen and oxygen atoms in total. The van der Waals surface area contributed by atoms with Gasteiger partial charge in [0.05, 0.1) is 6.61 Å². The molecule has 0 heterocycles. The maximum absolute atomic E-state index is 10.4. The summed E-state index contributed by atoms with van der Waals surface area (Å²) in [5, 5.41) is 24.2. The molecule has 3 rings (SSSR count). The zero-order valence-corrected chi connectivity index (χ0v) is 12.7. The molecule has 3 aromatic rings. The summed E-state index contributed by atoms with van der Waals surface area (Å²) in [6.07, 6.45) is 1.75. The minimum Gasteiger partial charge on any atom is -0.508 e. The highest BCUT2D eigenvalue weighted by atomic mass is 16.5. The quantitative estimate of drug-likeness (QED) is 0.699. The Kier molecular flexibility index (Phi) is 3.51. The molecule has 0 fully saturated rings. The van der Waals surface area contributed by atoms with E-state index in [1.807, 2.05) is 25.1 Å². The maximum atomic E-state index is 10.4. The first-order chi connectivity index (χ1) is 10.6. The third-order valence-electron chi connectivity index (χ3n) is 4.18. The van der Waals surface area contributed by atoms with Gasteiger partial charge < -0.3 is 14.9 Å². The van der Waals surface area contributed by atoms with Crippen LogP contribution in [0.3, 0.4) is 0 Å². The highest BCUT2D eigenvalue weighted by Crippen LogP contribution is 2.38. The van der Waals surface area contributed by atoms with Crippen LogP contribution in [0.4, 0.5) is 0 Å². The van der Waals surface area contributed by atoms with Gasteiger partial charge in [-0.25, -0.2) is 0 Å². The summed E-state index contributed by atoms with van der Waals surface area (Å²) in [7, 11) is 1.60. The van der Waals surface area contributed by atoms with E-state index in [-0.39, 0.29) is 11.5 Å². The first-order valence-corrected chi connectivity index (χ1v) is 7.09. The van der Waals surface area contributed by atoms with Gasteiger partial charge in [-0.15, -0.1) is 0 Å². The first-order valence-electron chi connectivity index (χ1n) is 7.09. The fourth-order valence-electron chi connectivity index (χ4n) is 3.01. The first kappa shape index (κ1) is 14.4. The summed E-state index contributed by atoms with van der Waals surface area (Å²) < 4.78 is 5.18. The molecule has 0 aliphatic carbocycles. The van der Waals surface area contributed by atoms with E-state index in [1.165, 1.54) is 0 Å². The van der Waals surface area contributed by atoms with Crippen LogP contribution < -0.4 is 0 Å². The van der Waals surface area contributed by atoms with Crippen LogP contribution in [0.25, 0.3) is 27.6 Å². The average Bonchev–Trinajstić information content (AvgIpc) is 2.51. The van der Waals surface area contributed by atoms with Crippen molar-refractivity contribution in [1.29, 1.82) is 0 Å². The van der Waals surface area contributed by atoms with Crippen LogP contribution in [0.1, 0.15) is 16.7 Å². The zero-order chi connectivity index (χ0) is 15.9. The Hall–Kier alpha value is -2.52. The standard InChI is InChI=1S/C19H18O3/c1-4-12-14-6-5-13-11(2)18(20)8-7-15(13)16(14)9-19(21)17(12)10-22-3/h4-9,20-21H,1,10H2,2-3H3. The number of phenols is 2. The number of fused-ring (bicyclic) bond motifs is 3. The molecule has 0 unspecified atom stereocenters. The van der Waals surface area contributed by atoms with Gasteiger partial charge in [0.2, 0.25) is 0 Å². The summed E-state index contributed by atoms with van der Waals surface area (Å²) >= 11 is 0. The van der Waals surface area contributed by atoms with E-state index in [2.05, 4.69) is 6.58 Å². The SMILES string of the molecule is C=Cc1c(COC)c(O)cc2c1ccc1c(C)c(O)ccc12. The van der Waals surface area contributed by atoms with Gasteiger partial charge in [0.1, 0.15) is 11.5 Å². The lowest BCUT2D eigenvalue weighted by Gasteiger charge is -2.14. The molecule has 0 saturated heterocycles. The Balaban J connectivity index is 2.48. The number of benzene rings is 3. The molecule has 0 radical (unpaired) electrons. The van der Waals surface area contributed by atoms with Gasteiger partial charge in [0, 0.05) is 12.7 Å². The largest absolute Gasteiger partial charge is 0.508 e. The van der Waals surface area contributed by atoms with Crippen molar-refractivity contribution in [3.8, 4) is 11.5 Å². The lowest BCUT2D eigenvalue weighted by molar-refractivity contribution is 0.182. The average molecular weight is 294 g/mol. The highest BCUT2D eigenvalue weighted by molar-refractivity contribution is 6.12. The van der Waals surface area contributed by atoms with Gasteiger partial charge in [-0.2, -0.15) is 0 Å². The molecule has 0 bridgehead atoms. The molecule has 0 aliphatic rings.